The smallest absolute Gasteiger partial charge is 0.371 e. The largest absolute Gasteiger partial charge is 0.419 e. The number of nitrogens with zero attached hydrogens (tertiary/aromatic N) is 1. The Morgan fingerprint density at radius 1 is 1.15 bits per heavy atom. The molecule has 0 spiro atoms. The lowest BCUT2D eigenvalue weighted by atomic mass is 9.99. The summed E-state index contributed by atoms with van der Waals surface area (Å²) in [5.74, 6) is -3.01. The molecule has 2 aliphatic rings. The Hall–Kier alpha value is -2.81. The zero-order chi connectivity index (χ0) is 25.1. The SMILES string of the molecule is NC(=O)C1=C([C@H]2CN(S(=O)(=O)c3ccc(C(F)(F)F)c(F)c3)CCO2)c2ccccc2S1(=O)=O. The molecule has 34 heavy (non-hydrogen) atoms. The molecule has 1 saturated heterocycles. The number of amides is 1. The second kappa shape index (κ2) is 8.15. The third-order valence-electron chi connectivity index (χ3n) is 5.44. The van der Waals surface area contributed by atoms with Gasteiger partial charge in [0.2, 0.25) is 19.9 Å². The topological polar surface area (TPSA) is 124 Å². The van der Waals surface area contributed by atoms with E-state index in [-0.39, 0.29) is 35.3 Å². The van der Waals surface area contributed by atoms with Crippen molar-refractivity contribution in [1.82, 2.24) is 4.31 Å². The lowest BCUT2D eigenvalue weighted by Crippen LogP contribution is -2.46. The van der Waals surface area contributed by atoms with E-state index in [2.05, 4.69) is 0 Å². The van der Waals surface area contributed by atoms with Crippen LogP contribution in [0.2, 0.25) is 0 Å². The molecule has 1 atom stereocenters. The van der Waals surface area contributed by atoms with E-state index in [0.29, 0.717) is 12.1 Å². The Morgan fingerprint density at radius 3 is 2.44 bits per heavy atom. The minimum absolute atomic E-state index is 0.110. The second-order valence-electron chi connectivity index (χ2n) is 7.47. The molecule has 8 nitrogen and oxygen atoms in total. The van der Waals surface area contributed by atoms with Crippen molar-refractivity contribution in [3.8, 4) is 0 Å². The number of morpholine rings is 1. The molecular weight excluding hydrogens is 504 g/mol. The zero-order valence-corrected chi connectivity index (χ0v) is 18.7. The molecule has 4 rings (SSSR count). The summed E-state index contributed by atoms with van der Waals surface area (Å²) in [4.78, 5) is 10.4. The molecule has 0 saturated carbocycles. The van der Waals surface area contributed by atoms with Crippen molar-refractivity contribution in [1.29, 1.82) is 0 Å². The highest BCUT2D eigenvalue weighted by atomic mass is 32.2. The van der Waals surface area contributed by atoms with Gasteiger partial charge in [-0.15, -0.1) is 0 Å². The monoisotopic (exact) mass is 520 g/mol. The number of ether oxygens (including phenoxy) is 1. The quantitative estimate of drug-likeness (QED) is 0.615. The van der Waals surface area contributed by atoms with E-state index in [1.54, 1.807) is 0 Å². The van der Waals surface area contributed by atoms with Crippen LogP contribution in [-0.2, 0) is 35.6 Å². The van der Waals surface area contributed by atoms with Gasteiger partial charge in [-0.05, 0) is 24.3 Å². The number of sulfonamides is 1. The molecule has 0 aliphatic carbocycles. The number of hydrogen-bond donors (Lipinski definition) is 1. The minimum Gasteiger partial charge on any atom is -0.371 e. The van der Waals surface area contributed by atoms with E-state index in [1.807, 2.05) is 0 Å². The summed E-state index contributed by atoms with van der Waals surface area (Å²) in [7, 11) is -8.77. The number of primary amides is 1. The fourth-order valence-electron chi connectivity index (χ4n) is 3.94. The maximum absolute atomic E-state index is 14.0. The predicted molar refractivity (Wildman–Crippen MR) is 110 cm³/mol. The van der Waals surface area contributed by atoms with Crippen LogP contribution in [-0.4, -0.2) is 52.8 Å². The molecule has 2 aromatic carbocycles. The molecule has 1 amide bonds. The van der Waals surface area contributed by atoms with E-state index >= 15 is 0 Å². The van der Waals surface area contributed by atoms with Crippen molar-refractivity contribution in [3.63, 3.8) is 0 Å². The maximum atomic E-state index is 14.0. The minimum atomic E-state index is -5.00. The Kier molecular flexibility index (Phi) is 5.83. The lowest BCUT2D eigenvalue weighted by Gasteiger charge is -2.33. The highest BCUT2D eigenvalue weighted by molar-refractivity contribution is 7.97. The second-order valence-corrected chi connectivity index (χ2v) is 11.3. The molecule has 1 fully saturated rings. The molecule has 2 aliphatic heterocycles. The predicted octanol–water partition coefficient (Wildman–Crippen LogP) is 1.92. The van der Waals surface area contributed by atoms with Gasteiger partial charge in [0.1, 0.15) is 10.7 Å². The molecule has 14 heteroatoms. The number of hydrogen-bond acceptors (Lipinski definition) is 6. The number of nitrogens with two attached hydrogens (primary N) is 1. The molecule has 0 unspecified atom stereocenters. The Balaban J connectivity index is 1.74. The molecule has 2 N–H and O–H groups in total. The molecule has 2 heterocycles. The van der Waals surface area contributed by atoms with Crippen molar-refractivity contribution in [2.45, 2.75) is 22.1 Å². The fraction of sp³-hybridized carbons (Fsp3) is 0.250. The average Bonchev–Trinajstić information content (AvgIpc) is 3.00. The number of fused-ring (bicyclic) bond motifs is 1. The van der Waals surface area contributed by atoms with Crippen molar-refractivity contribution in [3.05, 3.63) is 64.3 Å². The Bertz CT molecular complexity index is 1440. The van der Waals surface area contributed by atoms with E-state index < -0.39 is 65.8 Å². The number of alkyl halides is 3. The van der Waals surface area contributed by atoms with Crippen LogP contribution in [0.15, 0.2) is 57.2 Å². The third-order valence-corrected chi connectivity index (χ3v) is 9.19. The van der Waals surface area contributed by atoms with Crippen molar-refractivity contribution in [2.75, 3.05) is 19.7 Å². The molecule has 0 radical (unpaired) electrons. The van der Waals surface area contributed by atoms with E-state index in [1.165, 1.54) is 24.3 Å². The first-order chi connectivity index (χ1) is 15.8. The van der Waals surface area contributed by atoms with E-state index in [0.717, 1.165) is 4.31 Å². The van der Waals surface area contributed by atoms with Crippen LogP contribution in [0.3, 0.4) is 0 Å². The molecule has 182 valence electrons. The lowest BCUT2D eigenvalue weighted by molar-refractivity contribution is -0.140. The van der Waals surface area contributed by atoms with Crippen LogP contribution in [0, 0.1) is 5.82 Å². The van der Waals surface area contributed by atoms with Gasteiger partial charge >= 0.3 is 6.18 Å². The first kappa shape index (κ1) is 24.3. The summed E-state index contributed by atoms with van der Waals surface area (Å²) >= 11 is 0. The molecular formula is C20H16F4N2O6S2. The van der Waals surface area contributed by atoms with Gasteiger partial charge in [-0.3, -0.25) is 4.79 Å². The van der Waals surface area contributed by atoms with Gasteiger partial charge in [-0.2, -0.15) is 17.5 Å². The van der Waals surface area contributed by atoms with Crippen LogP contribution in [0.4, 0.5) is 17.6 Å². The fourth-order valence-corrected chi connectivity index (χ4v) is 7.12. The van der Waals surface area contributed by atoms with Gasteiger partial charge in [-0.1, -0.05) is 18.2 Å². The number of benzene rings is 2. The number of carbonyl (C=O) groups is 1. The van der Waals surface area contributed by atoms with Crippen LogP contribution < -0.4 is 5.73 Å². The van der Waals surface area contributed by atoms with Gasteiger partial charge < -0.3 is 10.5 Å². The Morgan fingerprint density at radius 2 is 1.82 bits per heavy atom. The average molecular weight is 520 g/mol. The van der Waals surface area contributed by atoms with Crippen LogP contribution in [0.5, 0.6) is 0 Å². The summed E-state index contributed by atoms with van der Waals surface area (Å²) < 4.78 is 111. The molecule has 0 bridgehead atoms. The first-order valence-corrected chi connectivity index (χ1v) is 12.6. The zero-order valence-electron chi connectivity index (χ0n) is 17.0. The van der Waals surface area contributed by atoms with E-state index in [9.17, 15) is 39.2 Å². The standard InChI is InChI=1S/C20H16F4N2O6S2/c21-14-9-11(5-6-13(14)20(22,23)24)34(30,31)26-7-8-32-15(10-26)17-12-3-1-2-4-16(12)33(28,29)18(17)19(25)27/h1-6,9,15H,7-8,10H2,(H2,25,27)/t15-/m1/s1. The third kappa shape index (κ3) is 3.89. The number of rotatable bonds is 4. The van der Waals surface area contributed by atoms with Gasteiger partial charge in [-0.25, -0.2) is 21.2 Å². The number of halogens is 4. The number of carbonyl (C=O) groups excluding carboxylic acids is 1. The Labute approximate surface area is 191 Å². The molecule has 2 aromatic rings. The van der Waals surface area contributed by atoms with Gasteiger partial charge in [0.25, 0.3) is 5.91 Å². The van der Waals surface area contributed by atoms with Gasteiger partial charge in [0.15, 0.2) is 0 Å². The highest BCUT2D eigenvalue weighted by Crippen LogP contribution is 2.42. The summed E-state index contributed by atoms with van der Waals surface area (Å²) in [6.45, 7) is -0.958. The maximum Gasteiger partial charge on any atom is 0.419 e. The molecule has 0 aromatic heterocycles. The summed E-state index contributed by atoms with van der Waals surface area (Å²) in [6.07, 6.45) is -6.24. The summed E-state index contributed by atoms with van der Waals surface area (Å²) in [6, 6.07) is 6.87. The summed E-state index contributed by atoms with van der Waals surface area (Å²) in [5, 5.41) is 0. The number of sulfone groups is 1. The van der Waals surface area contributed by atoms with Crippen LogP contribution in [0.25, 0.3) is 5.57 Å². The van der Waals surface area contributed by atoms with Gasteiger partial charge in [0, 0.05) is 24.2 Å². The first-order valence-electron chi connectivity index (χ1n) is 9.63. The van der Waals surface area contributed by atoms with Crippen LogP contribution in [0.1, 0.15) is 11.1 Å². The van der Waals surface area contributed by atoms with Crippen molar-refractivity contribution in [2.24, 2.45) is 5.73 Å². The van der Waals surface area contributed by atoms with E-state index in [4.69, 9.17) is 10.5 Å². The van der Waals surface area contributed by atoms with Crippen molar-refractivity contribution >= 4 is 31.3 Å². The van der Waals surface area contributed by atoms with Crippen molar-refractivity contribution < 1.29 is 43.9 Å². The normalized spacial score (nSPS) is 20.9. The van der Waals surface area contributed by atoms with Crippen LogP contribution >= 0.6 is 0 Å². The summed E-state index contributed by atoms with van der Waals surface area (Å²) in [5.41, 5.74) is 3.73. The van der Waals surface area contributed by atoms with Gasteiger partial charge in [0.05, 0.1) is 28.1 Å². The highest BCUT2D eigenvalue weighted by Gasteiger charge is 2.44.